The second kappa shape index (κ2) is 21.5. The summed E-state index contributed by atoms with van der Waals surface area (Å²) in [5.41, 5.74) is -2.17. The summed E-state index contributed by atoms with van der Waals surface area (Å²) in [6.07, 6.45) is 20.3. The molecular weight excluding hydrogens is 424 g/mol. The molecule has 0 fully saturated rings. The molecule has 4 N–H and O–H groups in total. The molecule has 0 bridgehead atoms. The molecule has 0 saturated heterocycles. The fraction of sp³-hybridized carbons (Fsp3) is 0.923. The molecule has 0 spiro atoms. The summed E-state index contributed by atoms with van der Waals surface area (Å²) in [7, 11) is 0. The van der Waals surface area contributed by atoms with Crippen LogP contribution in [0.2, 0.25) is 0 Å². The minimum Gasteiger partial charge on any atom is -0.393 e. The summed E-state index contributed by atoms with van der Waals surface area (Å²) >= 11 is 0. The van der Waals surface area contributed by atoms with Crippen LogP contribution in [0.25, 0.3) is 0 Å². The minimum absolute atomic E-state index is 0.0242. The van der Waals surface area contributed by atoms with E-state index in [0.29, 0.717) is 6.42 Å². The highest BCUT2D eigenvalue weighted by molar-refractivity contribution is 5.92. The van der Waals surface area contributed by atoms with Gasteiger partial charge in [-0.05, 0) is 12.8 Å². The number of carbonyl (C=O) groups is 2. The average Bonchev–Trinajstić information content (AvgIpc) is 2.82. The van der Waals surface area contributed by atoms with Gasteiger partial charge in [0.2, 0.25) is 0 Å². The van der Waals surface area contributed by atoms with Gasteiger partial charge in [-0.25, -0.2) is 9.59 Å². The quantitative estimate of drug-likeness (QED) is 0.0971. The molecule has 0 saturated carbocycles. The summed E-state index contributed by atoms with van der Waals surface area (Å²) in [5.74, 6) is -2.64. The Balaban J connectivity index is 3.58. The molecule has 7 heteroatoms. The highest BCUT2D eigenvalue weighted by atomic mass is 16.6. The summed E-state index contributed by atoms with van der Waals surface area (Å²) in [6.45, 7) is 0.503. The van der Waals surface area contributed by atoms with E-state index in [0.717, 1.165) is 19.3 Å². The molecule has 0 heterocycles. The highest BCUT2D eigenvalue weighted by Gasteiger charge is 2.38. The first kappa shape index (κ1) is 32.0. The number of rotatable bonds is 23. The maximum Gasteiger partial charge on any atom is 0.348 e. The first-order valence-corrected chi connectivity index (χ1v) is 13.3. The Morgan fingerprint density at radius 1 is 0.697 bits per heavy atom. The molecule has 0 aliphatic carbocycles. The van der Waals surface area contributed by atoms with Crippen molar-refractivity contribution in [3.05, 3.63) is 0 Å². The van der Waals surface area contributed by atoms with Crippen molar-refractivity contribution >= 4 is 11.9 Å². The number of aliphatic hydroxyl groups excluding tert-OH is 3. The Bertz CT molecular complexity index is 483. The van der Waals surface area contributed by atoms with Gasteiger partial charge in [0.25, 0.3) is 0 Å². The first-order valence-electron chi connectivity index (χ1n) is 13.3. The monoisotopic (exact) mass is 474 g/mol. The van der Waals surface area contributed by atoms with E-state index in [1.165, 1.54) is 89.9 Å². The molecule has 2 atom stereocenters. The van der Waals surface area contributed by atoms with E-state index in [2.05, 4.69) is 11.7 Å². The second-order valence-corrected chi connectivity index (χ2v) is 9.36. The Morgan fingerprint density at radius 2 is 1.06 bits per heavy atom. The Labute approximate surface area is 200 Å². The number of aliphatic hydroxyl groups is 4. The summed E-state index contributed by atoms with van der Waals surface area (Å²) in [4.78, 5) is 23.2. The summed E-state index contributed by atoms with van der Waals surface area (Å²) in [5, 5.41) is 37.3. The summed E-state index contributed by atoms with van der Waals surface area (Å²) < 4.78 is 4.35. The topological polar surface area (TPSA) is 124 Å². The minimum atomic E-state index is -2.17. The molecule has 0 radical (unpaired) electrons. The Kier molecular flexibility index (Phi) is 20.8. The molecule has 0 aromatic heterocycles. The van der Waals surface area contributed by atoms with E-state index in [1.54, 1.807) is 0 Å². The van der Waals surface area contributed by atoms with Crippen LogP contribution in [-0.2, 0) is 14.3 Å². The number of hydrogen-bond donors (Lipinski definition) is 4. The van der Waals surface area contributed by atoms with E-state index in [9.17, 15) is 19.8 Å². The fourth-order valence-corrected chi connectivity index (χ4v) is 3.89. The van der Waals surface area contributed by atoms with Gasteiger partial charge in [0.15, 0.2) is 11.7 Å². The number of carbonyl (C=O) groups excluding carboxylic acids is 2. The molecule has 0 rings (SSSR count). The average molecular weight is 475 g/mol. The van der Waals surface area contributed by atoms with Gasteiger partial charge in [-0.3, -0.25) is 0 Å². The van der Waals surface area contributed by atoms with Crippen molar-refractivity contribution in [3.63, 3.8) is 0 Å². The van der Waals surface area contributed by atoms with Crippen LogP contribution in [0.1, 0.15) is 129 Å². The summed E-state index contributed by atoms with van der Waals surface area (Å²) in [6, 6.07) is 0. The van der Waals surface area contributed by atoms with Crippen LogP contribution >= 0.6 is 0 Å². The second-order valence-electron chi connectivity index (χ2n) is 9.36. The predicted molar refractivity (Wildman–Crippen MR) is 130 cm³/mol. The van der Waals surface area contributed by atoms with Crippen molar-refractivity contribution in [3.8, 4) is 0 Å². The highest BCUT2D eigenvalue weighted by Crippen LogP contribution is 2.19. The van der Waals surface area contributed by atoms with Crippen LogP contribution in [-0.4, -0.2) is 57.3 Å². The lowest BCUT2D eigenvalue weighted by atomic mass is 9.96. The van der Waals surface area contributed by atoms with E-state index in [4.69, 9.17) is 10.2 Å². The zero-order valence-corrected chi connectivity index (χ0v) is 20.9. The third kappa shape index (κ3) is 17.1. The number of ether oxygens (including phenoxy) is 1. The van der Waals surface area contributed by atoms with Crippen LogP contribution in [0, 0.1) is 0 Å². The first-order chi connectivity index (χ1) is 15.9. The van der Waals surface area contributed by atoms with Crippen molar-refractivity contribution in [2.75, 3.05) is 13.2 Å². The van der Waals surface area contributed by atoms with Crippen LogP contribution in [0.5, 0.6) is 0 Å². The van der Waals surface area contributed by atoms with E-state index < -0.39 is 36.9 Å². The maximum absolute atomic E-state index is 11.9. The van der Waals surface area contributed by atoms with Gasteiger partial charge in [-0.2, -0.15) is 0 Å². The standard InChI is InChI=1S/C26H50O7/c1-2-3-4-5-6-7-8-9-10-11-12-13-14-15-16-17-18-19-20-26(32,22-28)25(31)33-24(30)23(29)21-27/h23,27-29,32H,2-22H2,1H3. The molecular formula is C26H50O7. The van der Waals surface area contributed by atoms with Crippen molar-refractivity contribution in [1.29, 1.82) is 0 Å². The van der Waals surface area contributed by atoms with Gasteiger partial charge in [-0.1, -0.05) is 116 Å². The zero-order chi connectivity index (χ0) is 24.8. The maximum atomic E-state index is 11.9. The molecule has 0 aliphatic rings. The number of hydrogen-bond acceptors (Lipinski definition) is 7. The number of unbranched alkanes of at least 4 members (excludes halogenated alkanes) is 17. The van der Waals surface area contributed by atoms with Crippen molar-refractivity contribution in [2.24, 2.45) is 0 Å². The molecule has 0 aliphatic heterocycles. The Hall–Kier alpha value is -1.02. The van der Waals surface area contributed by atoms with Crippen molar-refractivity contribution < 1.29 is 34.8 Å². The van der Waals surface area contributed by atoms with Gasteiger partial charge < -0.3 is 25.2 Å². The third-order valence-corrected chi connectivity index (χ3v) is 6.22. The predicted octanol–water partition coefficient (Wildman–Crippen LogP) is 4.56. The van der Waals surface area contributed by atoms with Crippen molar-refractivity contribution in [2.45, 2.75) is 141 Å². The van der Waals surface area contributed by atoms with Crippen molar-refractivity contribution in [1.82, 2.24) is 0 Å². The van der Waals surface area contributed by atoms with Crippen LogP contribution in [0.4, 0.5) is 0 Å². The van der Waals surface area contributed by atoms with Gasteiger partial charge >= 0.3 is 11.9 Å². The normalized spacial score (nSPS) is 14.1. The van der Waals surface area contributed by atoms with Gasteiger partial charge in [0.1, 0.15) is 0 Å². The Morgan fingerprint density at radius 3 is 1.39 bits per heavy atom. The lowest BCUT2D eigenvalue weighted by molar-refractivity contribution is -0.183. The molecule has 7 nitrogen and oxygen atoms in total. The van der Waals surface area contributed by atoms with Crippen LogP contribution in [0.15, 0.2) is 0 Å². The van der Waals surface area contributed by atoms with Crippen LogP contribution in [0.3, 0.4) is 0 Å². The lowest BCUT2D eigenvalue weighted by Gasteiger charge is -2.23. The van der Waals surface area contributed by atoms with E-state index >= 15 is 0 Å². The zero-order valence-electron chi connectivity index (χ0n) is 20.9. The molecule has 0 aromatic rings. The molecule has 196 valence electrons. The van der Waals surface area contributed by atoms with Gasteiger partial charge in [0.05, 0.1) is 13.2 Å². The largest absolute Gasteiger partial charge is 0.393 e. The van der Waals surface area contributed by atoms with Crippen LogP contribution < -0.4 is 0 Å². The third-order valence-electron chi connectivity index (χ3n) is 6.22. The lowest BCUT2D eigenvalue weighted by Crippen LogP contribution is -2.46. The molecule has 33 heavy (non-hydrogen) atoms. The smallest absolute Gasteiger partial charge is 0.348 e. The molecule has 0 aromatic carbocycles. The molecule has 0 amide bonds. The number of esters is 2. The van der Waals surface area contributed by atoms with E-state index in [1.807, 2.05) is 0 Å². The van der Waals surface area contributed by atoms with Gasteiger partial charge in [-0.15, -0.1) is 0 Å². The molecule has 2 unspecified atom stereocenters. The van der Waals surface area contributed by atoms with Gasteiger partial charge in [0, 0.05) is 0 Å². The SMILES string of the molecule is CCCCCCCCCCCCCCCCCCCCC(O)(CO)C(=O)OC(=O)C(O)CO. The fourth-order valence-electron chi connectivity index (χ4n) is 3.89. The van der Waals surface area contributed by atoms with E-state index in [-0.39, 0.29) is 6.42 Å².